The maximum absolute atomic E-state index is 12.3. The Balaban J connectivity index is 2.81. The summed E-state index contributed by atoms with van der Waals surface area (Å²) in [6, 6.07) is 4.44. The number of amides is 2. The number of benzene rings is 1. The lowest BCUT2D eigenvalue weighted by Crippen LogP contribution is -2.44. The van der Waals surface area contributed by atoms with Crippen LogP contribution in [-0.4, -0.2) is 37.6 Å². The molecule has 6 heteroatoms. The summed E-state index contributed by atoms with van der Waals surface area (Å²) < 4.78 is 11.3. The molecular weight excluding hydrogens is 308 g/mol. The molecule has 134 valence electrons. The van der Waals surface area contributed by atoms with Gasteiger partial charge in [0, 0.05) is 12.1 Å². The third kappa shape index (κ3) is 6.10. The normalized spacial score (nSPS) is 11.5. The topological polar surface area (TPSA) is 76.7 Å². The Kier molecular flexibility index (Phi) is 8.68. The van der Waals surface area contributed by atoms with Crippen LogP contribution >= 0.6 is 0 Å². The molecule has 1 aromatic carbocycles. The third-order valence-corrected chi connectivity index (χ3v) is 3.35. The standard InChI is InChI=1S/C18H28N2O4/c1-5-8-11-24-15-10-9-14(12-16(15)23-7-3)18(22)20-13(4)17(21)19-6-2/h9-10,12-13H,5-8,11H2,1-4H3,(H,19,21)(H,20,22)/t13-/m1/s1. The molecule has 2 N–H and O–H groups in total. The number of nitrogens with one attached hydrogen (secondary N) is 2. The fraction of sp³-hybridized carbons (Fsp3) is 0.556. The highest BCUT2D eigenvalue weighted by Gasteiger charge is 2.17. The minimum absolute atomic E-state index is 0.213. The van der Waals surface area contributed by atoms with Gasteiger partial charge in [-0.25, -0.2) is 0 Å². The highest BCUT2D eigenvalue weighted by atomic mass is 16.5. The van der Waals surface area contributed by atoms with Crippen molar-refractivity contribution < 1.29 is 19.1 Å². The van der Waals surface area contributed by atoms with Gasteiger partial charge >= 0.3 is 0 Å². The van der Waals surface area contributed by atoms with Gasteiger partial charge in [-0.3, -0.25) is 9.59 Å². The van der Waals surface area contributed by atoms with Crippen molar-refractivity contribution >= 4 is 11.8 Å². The van der Waals surface area contributed by atoms with Crippen LogP contribution in [-0.2, 0) is 4.79 Å². The first-order chi connectivity index (χ1) is 11.5. The van der Waals surface area contributed by atoms with E-state index in [4.69, 9.17) is 9.47 Å². The molecule has 1 rings (SSSR count). The minimum atomic E-state index is -0.603. The lowest BCUT2D eigenvalue weighted by atomic mass is 10.1. The molecule has 1 aromatic rings. The van der Waals surface area contributed by atoms with Crippen molar-refractivity contribution in [2.24, 2.45) is 0 Å². The smallest absolute Gasteiger partial charge is 0.252 e. The van der Waals surface area contributed by atoms with Gasteiger partial charge in [0.15, 0.2) is 11.5 Å². The van der Waals surface area contributed by atoms with Crippen molar-refractivity contribution in [1.82, 2.24) is 10.6 Å². The third-order valence-electron chi connectivity index (χ3n) is 3.35. The SMILES string of the molecule is CCCCOc1ccc(C(=O)N[C@H](C)C(=O)NCC)cc1OCC. The van der Waals surface area contributed by atoms with Gasteiger partial charge in [-0.15, -0.1) is 0 Å². The number of carbonyl (C=O) groups is 2. The summed E-state index contributed by atoms with van der Waals surface area (Å²) in [7, 11) is 0. The molecule has 0 saturated carbocycles. The number of ether oxygens (including phenoxy) is 2. The molecule has 6 nitrogen and oxygen atoms in total. The van der Waals surface area contributed by atoms with E-state index in [1.54, 1.807) is 25.1 Å². The Hall–Kier alpha value is -2.24. The second-order valence-electron chi connectivity index (χ2n) is 5.39. The molecule has 0 heterocycles. The minimum Gasteiger partial charge on any atom is -0.490 e. The molecule has 0 saturated heterocycles. The molecule has 0 aliphatic carbocycles. The summed E-state index contributed by atoms with van der Waals surface area (Å²) in [4.78, 5) is 24.0. The van der Waals surface area contributed by atoms with Crippen molar-refractivity contribution in [1.29, 1.82) is 0 Å². The van der Waals surface area contributed by atoms with E-state index in [9.17, 15) is 9.59 Å². The van der Waals surface area contributed by atoms with Gasteiger partial charge < -0.3 is 20.1 Å². The van der Waals surface area contributed by atoms with Crippen molar-refractivity contribution in [3.05, 3.63) is 23.8 Å². The van der Waals surface area contributed by atoms with Crippen LogP contribution in [0.15, 0.2) is 18.2 Å². The van der Waals surface area contributed by atoms with Crippen LogP contribution in [0.1, 0.15) is 50.9 Å². The van der Waals surface area contributed by atoms with Gasteiger partial charge in [0.2, 0.25) is 5.91 Å². The predicted molar refractivity (Wildman–Crippen MR) is 93.6 cm³/mol. The number of unbranched alkanes of at least 4 members (excludes halogenated alkanes) is 1. The average Bonchev–Trinajstić information content (AvgIpc) is 2.56. The maximum Gasteiger partial charge on any atom is 0.252 e. The van der Waals surface area contributed by atoms with E-state index in [0.29, 0.717) is 36.8 Å². The van der Waals surface area contributed by atoms with E-state index < -0.39 is 6.04 Å². The van der Waals surface area contributed by atoms with Gasteiger partial charge in [-0.1, -0.05) is 13.3 Å². The van der Waals surface area contributed by atoms with Gasteiger partial charge in [-0.05, 0) is 45.4 Å². The summed E-state index contributed by atoms with van der Waals surface area (Å²) in [6.07, 6.45) is 2.00. The van der Waals surface area contributed by atoms with E-state index in [1.165, 1.54) is 0 Å². The lowest BCUT2D eigenvalue weighted by Gasteiger charge is -2.15. The van der Waals surface area contributed by atoms with Crippen LogP contribution < -0.4 is 20.1 Å². The van der Waals surface area contributed by atoms with Crippen molar-refractivity contribution in [2.75, 3.05) is 19.8 Å². The van der Waals surface area contributed by atoms with Crippen LogP contribution in [0.2, 0.25) is 0 Å². The van der Waals surface area contributed by atoms with Gasteiger partial charge in [0.05, 0.1) is 13.2 Å². The quantitative estimate of drug-likeness (QED) is 0.644. The number of carbonyl (C=O) groups excluding carboxylic acids is 2. The van der Waals surface area contributed by atoms with Crippen LogP contribution in [0, 0.1) is 0 Å². The molecule has 0 spiro atoms. The molecule has 0 radical (unpaired) electrons. The van der Waals surface area contributed by atoms with Crippen LogP contribution in [0.25, 0.3) is 0 Å². The Morgan fingerprint density at radius 1 is 1.12 bits per heavy atom. The summed E-state index contributed by atoms with van der Waals surface area (Å²) in [6.45, 7) is 9.06. The molecule has 2 amide bonds. The van der Waals surface area contributed by atoms with E-state index in [1.807, 2.05) is 13.8 Å². The number of rotatable bonds is 10. The molecule has 1 atom stereocenters. The zero-order valence-electron chi connectivity index (χ0n) is 15.0. The summed E-state index contributed by atoms with van der Waals surface area (Å²) in [5.41, 5.74) is 0.428. The number of likely N-dealkylation sites (N-methyl/N-ethyl adjacent to an activating group) is 1. The second kappa shape index (κ2) is 10.5. The zero-order valence-corrected chi connectivity index (χ0v) is 15.0. The van der Waals surface area contributed by atoms with Crippen molar-refractivity contribution in [2.45, 2.75) is 46.6 Å². The molecule has 0 unspecified atom stereocenters. The zero-order chi connectivity index (χ0) is 17.9. The van der Waals surface area contributed by atoms with Crippen molar-refractivity contribution in [3.8, 4) is 11.5 Å². The van der Waals surface area contributed by atoms with Gasteiger partial charge in [0.1, 0.15) is 6.04 Å². The van der Waals surface area contributed by atoms with Crippen LogP contribution in [0.4, 0.5) is 0 Å². The Bertz CT molecular complexity index is 546. The summed E-state index contributed by atoms with van der Waals surface area (Å²) >= 11 is 0. The summed E-state index contributed by atoms with van der Waals surface area (Å²) in [5.74, 6) is 0.621. The highest BCUT2D eigenvalue weighted by Crippen LogP contribution is 2.28. The van der Waals surface area contributed by atoms with Gasteiger partial charge in [-0.2, -0.15) is 0 Å². The van der Waals surface area contributed by atoms with Crippen LogP contribution in [0.3, 0.4) is 0 Å². The van der Waals surface area contributed by atoms with Crippen LogP contribution in [0.5, 0.6) is 11.5 Å². The van der Waals surface area contributed by atoms with Crippen molar-refractivity contribution in [3.63, 3.8) is 0 Å². The second-order valence-corrected chi connectivity index (χ2v) is 5.39. The molecule has 0 aliphatic rings. The Morgan fingerprint density at radius 3 is 2.50 bits per heavy atom. The fourth-order valence-electron chi connectivity index (χ4n) is 2.04. The van der Waals surface area contributed by atoms with E-state index in [0.717, 1.165) is 12.8 Å². The average molecular weight is 336 g/mol. The predicted octanol–water partition coefficient (Wildman–Crippen LogP) is 2.52. The lowest BCUT2D eigenvalue weighted by molar-refractivity contribution is -0.122. The number of hydrogen-bond donors (Lipinski definition) is 2. The first-order valence-electron chi connectivity index (χ1n) is 8.51. The molecule has 0 fully saturated rings. The molecule has 0 bridgehead atoms. The summed E-state index contributed by atoms with van der Waals surface area (Å²) in [5, 5.41) is 5.35. The van der Waals surface area contributed by atoms with E-state index in [2.05, 4.69) is 17.6 Å². The first-order valence-corrected chi connectivity index (χ1v) is 8.51. The Morgan fingerprint density at radius 2 is 1.88 bits per heavy atom. The Labute approximate surface area is 143 Å². The van der Waals surface area contributed by atoms with E-state index in [-0.39, 0.29) is 11.8 Å². The molecule has 0 aromatic heterocycles. The fourth-order valence-corrected chi connectivity index (χ4v) is 2.04. The molecule has 0 aliphatic heterocycles. The van der Waals surface area contributed by atoms with Gasteiger partial charge in [0.25, 0.3) is 5.91 Å². The first kappa shape index (κ1) is 19.8. The maximum atomic E-state index is 12.3. The van der Waals surface area contributed by atoms with E-state index >= 15 is 0 Å². The highest BCUT2D eigenvalue weighted by molar-refractivity contribution is 5.97. The molecular formula is C18H28N2O4. The number of hydrogen-bond acceptors (Lipinski definition) is 4. The largest absolute Gasteiger partial charge is 0.490 e. The monoisotopic (exact) mass is 336 g/mol. The molecule has 24 heavy (non-hydrogen) atoms.